The topological polar surface area (TPSA) is 175 Å². The fourth-order valence-corrected chi connectivity index (χ4v) is 9.56. The number of amides is 1. The molecule has 0 bridgehead atoms. The summed E-state index contributed by atoms with van der Waals surface area (Å²) in [4.78, 5) is 25.1. The van der Waals surface area contributed by atoms with E-state index in [1.54, 1.807) is 6.08 Å². The number of rotatable bonds is 53. The van der Waals surface area contributed by atoms with Crippen LogP contribution in [0.25, 0.3) is 0 Å². The number of allylic oxidation sites excluding steroid dienone is 5. The molecule has 0 aromatic heterocycles. The number of unbranched alkanes of at least 4 members (excludes halogenated alkanes) is 35. The molecule has 1 heterocycles. The van der Waals surface area contributed by atoms with E-state index in [0.717, 1.165) is 77.0 Å². The van der Waals surface area contributed by atoms with Crippen molar-refractivity contribution < 1.29 is 49.3 Å². The van der Waals surface area contributed by atoms with Crippen molar-refractivity contribution in [3.8, 4) is 0 Å². The summed E-state index contributed by atoms with van der Waals surface area (Å²) in [5, 5.41) is 54.4. The Hall–Kier alpha value is -2.12. The lowest BCUT2D eigenvalue weighted by Gasteiger charge is -2.40. The van der Waals surface area contributed by atoms with Crippen LogP contribution in [0.15, 0.2) is 36.5 Å². The number of carbonyl (C=O) groups is 2. The first-order valence-corrected chi connectivity index (χ1v) is 30.8. The molecular formula is C62H115NO10. The quantitative estimate of drug-likeness (QED) is 0.0195. The number of carbonyl (C=O) groups excluding carboxylic acids is 2. The lowest BCUT2D eigenvalue weighted by molar-refractivity contribution is -0.302. The van der Waals surface area contributed by atoms with Gasteiger partial charge in [0.15, 0.2) is 6.29 Å². The van der Waals surface area contributed by atoms with Crippen LogP contribution in [0.1, 0.15) is 284 Å². The summed E-state index contributed by atoms with van der Waals surface area (Å²) in [7, 11) is 0. The van der Waals surface area contributed by atoms with Gasteiger partial charge in [-0.2, -0.15) is 0 Å². The van der Waals surface area contributed by atoms with Gasteiger partial charge in [-0.1, -0.05) is 237 Å². The minimum Gasteiger partial charge on any atom is -0.466 e. The highest BCUT2D eigenvalue weighted by Gasteiger charge is 2.44. The zero-order valence-corrected chi connectivity index (χ0v) is 47.1. The van der Waals surface area contributed by atoms with E-state index >= 15 is 0 Å². The molecule has 0 saturated carbocycles. The Morgan fingerprint density at radius 1 is 0.493 bits per heavy atom. The van der Waals surface area contributed by atoms with Crippen LogP contribution in [0.5, 0.6) is 0 Å². The van der Waals surface area contributed by atoms with Crippen LogP contribution in [0.3, 0.4) is 0 Å². The maximum atomic E-state index is 13.0. The zero-order valence-electron chi connectivity index (χ0n) is 47.1. The third kappa shape index (κ3) is 41.7. The number of aliphatic hydroxyl groups is 5. The van der Waals surface area contributed by atoms with Gasteiger partial charge < -0.3 is 45.1 Å². The second-order valence-corrected chi connectivity index (χ2v) is 21.4. The zero-order chi connectivity index (χ0) is 53.1. The first-order chi connectivity index (χ1) is 35.7. The third-order valence-electron chi connectivity index (χ3n) is 14.5. The number of ether oxygens (including phenoxy) is 3. The van der Waals surface area contributed by atoms with Gasteiger partial charge in [0.05, 0.1) is 32.0 Å². The van der Waals surface area contributed by atoms with E-state index in [9.17, 15) is 35.1 Å². The van der Waals surface area contributed by atoms with Crippen molar-refractivity contribution in [2.75, 3.05) is 19.8 Å². The van der Waals surface area contributed by atoms with Crippen LogP contribution in [0.4, 0.5) is 0 Å². The summed E-state index contributed by atoms with van der Waals surface area (Å²) >= 11 is 0. The summed E-state index contributed by atoms with van der Waals surface area (Å²) in [6.45, 7) is 4.31. The van der Waals surface area contributed by atoms with Crippen molar-refractivity contribution in [3.05, 3.63) is 36.5 Å². The van der Waals surface area contributed by atoms with Crippen molar-refractivity contribution in [2.45, 2.75) is 326 Å². The first kappa shape index (κ1) is 68.9. The van der Waals surface area contributed by atoms with E-state index in [0.29, 0.717) is 19.4 Å². The van der Waals surface area contributed by atoms with E-state index in [2.05, 4.69) is 43.5 Å². The minimum atomic E-state index is -1.58. The molecule has 0 radical (unpaired) electrons. The molecule has 0 spiro atoms. The Balaban J connectivity index is 2.11. The molecule has 11 nitrogen and oxygen atoms in total. The lowest BCUT2D eigenvalue weighted by Crippen LogP contribution is -2.60. The normalized spacial score (nSPS) is 19.1. The smallest absolute Gasteiger partial charge is 0.305 e. The van der Waals surface area contributed by atoms with Gasteiger partial charge >= 0.3 is 5.97 Å². The molecule has 7 unspecified atom stereocenters. The summed E-state index contributed by atoms with van der Waals surface area (Å²) in [5.74, 6) is -0.209. The second kappa shape index (κ2) is 52.0. The van der Waals surface area contributed by atoms with Gasteiger partial charge in [-0.05, 0) is 70.6 Å². The Labute approximate surface area is 447 Å². The monoisotopic (exact) mass is 1030 g/mol. The van der Waals surface area contributed by atoms with Gasteiger partial charge in [0, 0.05) is 12.8 Å². The fourth-order valence-electron chi connectivity index (χ4n) is 9.56. The number of hydrogen-bond donors (Lipinski definition) is 6. The van der Waals surface area contributed by atoms with Gasteiger partial charge in [-0.25, -0.2) is 0 Å². The van der Waals surface area contributed by atoms with Crippen molar-refractivity contribution in [1.82, 2.24) is 5.32 Å². The molecule has 11 heteroatoms. The third-order valence-corrected chi connectivity index (χ3v) is 14.5. The molecule has 1 amide bonds. The molecule has 1 aliphatic rings. The van der Waals surface area contributed by atoms with Crippen LogP contribution in [0.2, 0.25) is 0 Å². The molecule has 428 valence electrons. The van der Waals surface area contributed by atoms with Crippen LogP contribution < -0.4 is 5.32 Å². The lowest BCUT2D eigenvalue weighted by atomic mass is 9.99. The molecule has 1 rings (SSSR count). The number of aliphatic hydroxyl groups excluding tert-OH is 5. The van der Waals surface area contributed by atoms with Crippen molar-refractivity contribution in [3.63, 3.8) is 0 Å². The standard InChI is InChI=1S/C62H115NO10/c1-3-5-7-9-11-13-15-16-25-29-32-36-40-44-48-55(65)54(53-72-62-61(70)60(69)59(68)56(52-64)73-62)63-57(66)49-45-41-37-33-30-26-23-21-19-17-18-20-22-24-27-31-35-39-43-47-51-71-58(67)50-46-42-38-34-28-14-12-10-8-6-4-2/h17,19,29,32,44,48,54-56,59-62,64-65,68-70H,3-16,18,20-28,30-31,33-43,45-47,49-53H2,1-2H3,(H,63,66)/b19-17-,32-29+,48-44+. The summed E-state index contributed by atoms with van der Waals surface area (Å²) in [6, 6.07) is -0.834. The predicted molar refractivity (Wildman–Crippen MR) is 301 cm³/mol. The molecule has 7 atom stereocenters. The van der Waals surface area contributed by atoms with Crippen LogP contribution in [-0.4, -0.2) is 100 Å². The Morgan fingerprint density at radius 3 is 1.36 bits per heavy atom. The van der Waals surface area contributed by atoms with Gasteiger partial charge in [-0.3, -0.25) is 9.59 Å². The van der Waals surface area contributed by atoms with E-state index < -0.39 is 49.5 Å². The number of esters is 1. The molecule has 73 heavy (non-hydrogen) atoms. The van der Waals surface area contributed by atoms with Gasteiger partial charge in [0.1, 0.15) is 24.4 Å². The highest BCUT2D eigenvalue weighted by atomic mass is 16.7. The van der Waals surface area contributed by atoms with E-state index in [1.165, 1.54) is 180 Å². The fraction of sp³-hybridized carbons (Fsp3) is 0.871. The molecule has 1 fully saturated rings. The predicted octanol–water partition coefficient (Wildman–Crippen LogP) is 14.3. The SMILES string of the molecule is CCCCCCCCCC/C=C/CC/C=C/C(O)C(COC1OC(CO)C(O)C(O)C1O)NC(=O)CCCCCCCCC/C=C\CCCCCCCCCCCOC(=O)CCCCCCCCCCCCC. The van der Waals surface area contributed by atoms with Crippen LogP contribution >= 0.6 is 0 Å². The Bertz CT molecular complexity index is 1310. The average molecular weight is 1030 g/mol. The van der Waals surface area contributed by atoms with E-state index in [-0.39, 0.29) is 18.5 Å². The summed E-state index contributed by atoms with van der Waals surface area (Å²) in [5.41, 5.74) is 0. The highest BCUT2D eigenvalue weighted by Crippen LogP contribution is 2.23. The maximum Gasteiger partial charge on any atom is 0.305 e. The van der Waals surface area contributed by atoms with Crippen LogP contribution in [-0.2, 0) is 23.8 Å². The van der Waals surface area contributed by atoms with Gasteiger partial charge in [0.25, 0.3) is 0 Å². The largest absolute Gasteiger partial charge is 0.466 e. The van der Waals surface area contributed by atoms with E-state index in [4.69, 9.17) is 14.2 Å². The molecule has 0 aromatic rings. The van der Waals surface area contributed by atoms with E-state index in [1.807, 2.05) is 6.08 Å². The highest BCUT2D eigenvalue weighted by molar-refractivity contribution is 5.76. The first-order valence-electron chi connectivity index (χ1n) is 30.8. The number of nitrogens with one attached hydrogen (secondary N) is 1. The van der Waals surface area contributed by atoms with Crippen molar-refractivity contribution in [1.29, 1.82) is 0 Å². The second-order valence-electron chi connectivity index (χ2n) is 21.4. The van der Waals surface area contributed by atoms with Gasteiger partial charge in [0.2, 0.25) is 5.91 Å². The van der Waals surface area contributed by atoms with Crippen LogP contribution in [0, 0.1) is 0 Å². The minimum absolute atomic E-state index is 0.00865. The Kier molecular flexibility index (Phi) is 49.0. The Morgan fingerprint density at radius 2 is 0.890 bits per heavy atom. The maximum absolute atomic E-state index is 13.0. The van der Waals surface area contributed by atoms with Gasteiger partial charge in [-0.15, -0.1) is 0 Å². The summed E-state index contributed by atoms with van der Waals surface area (Å²) < 4.78 is 16.7. The molecule has 1 saturated heterocycles. The number of hydrogen-bond acceptors (Lipinski definition) is 10. The molecule has 1 aliphatic heterocycles. The summed E-state index contributed by atoms with van der Waals surface area (Å²) in [6.07, 6.45) is 53.8. The molecule has 0 aromatic carbocycles. The van der Waals surface area contributed by atoms with Crippen molar-refractivity contribution >= 4 is 11.9 Å². The van der Waals surface area contributed by atoms with Crippen molar-refractivity contribution in [2.24, 2.45) is 0 Å². The molecule has 6 N–H and O–H groups in total. The average Bonchev–Trinajstić information content (AvgIpc) is 3.39. The molecule has 0 aliphatic carbocycles. The molecular weight excluding hydrogens is 919 g/mol.